The predicted octanol–water partition coefficient (Wildman–Crippen LogP) is 3.70. The highest BCUT2D eigenvalue weighted by atomic mass is 32.1. The van der Waals surface area contributed by atoms with Crippen molar-refractivity contribution in [3.63, 3.8) is 0 Å². The number of nitriles is 1. The van der Waals surface area contributed by atoms with Gasteiger partial charge >= 0.3 is 0 Å². The molecule has 0 amide bonds. The molecule has 0 aliphatic carbocycles. The topological polar surface area (TPSA) is 45.9 Å². The largest absolute Gasteiger partial charge is 0.493 e. The van der Waals surface area contributed by atoms with Crippen molar-refractivity contribution in [2.75, 3.05) is 6.61 Å². The van der Waals surface area contributed by atoms with Gasteiger partial charge < -0.3 is 4.74 Å². The molecule has 1 aromatic heterocycles. The number of ether oxygens (including phenoxy) is 1. The summed E-state index contributed by atoms with van der Waals surface area (Å²) in [6, 6.07) is 10.2. The van der Waals surface area contributed by atoms with Crippen LogP contribution in [0.25, 0.3) is 0 Å². The van der Waals surface area contributed by atoms with Crippen LogP contribution in [-0.4, -0.2) is 11.6 Å². The van der Waals surface area contributed by atoms with Gasteiger partial charge in [0.05, 0.1) is 29.8 Å². The fourth-order valence-electron chi connectivity index (χ4n) is 1.99. The summed E-state index contributed by atoms with van der Waals surface area (Å²) in [5, 5.41) is 9.86. The first-order valence-corrected chi connectivity index (χ1v) is 7.58. The maximum atomic E-state index is 8.80. The fraction of sp³-hybridized carbons (Fsp3) is 0.375. The van der Waals surface area contributed by atoms with Gasteiger partial charge in [-0.25, -0.2) is 4.98 Å². The van der Waals surface area contributed by atoms with Crippen LogP contribution in [0.3, 0.4) is 0 Å². The Morgan fingerprint density at radius 1 is 1.40 bits per heavy atom. The molecule has 0 radical (unpaired) electrons. The SMILES string of the molecule is CCc1nc(CCOc2cccc(C)c2)sc1CC#N. The summed E-state index contributed by atoms with van der Waals surface area (Å²) in [6.45, 7) is 4.74. The van der Waals surface area contributed by atoms with Crippen molar-refractivity contribution in [1.29, 1.82) is 5.26 Å². The van der Waals surface area contributed by atoms with Crippen molar-refractivity contribution < 1.29 is 4.74 Å². The van der Waals surface area contributed by atoms with Gasteiger partial charge in [0.25, 0.3) is 0 Å². The second kappa shape index (κ2) is 7.06. The normalized spacial score (nSPS) is 10.2. The highest BCUT2D eigenvalue weighted by Crippen LogP contribution is 2.21. The molecule has 0 spiro atoms. The first-order valence-electron chi connectivity index (χ1n) is 6.76. The van der Waals surface area contributed by atoms with Crippen molar-refractivity contribution in [2.45, 2.75) is 33.1 Å². The summed E-state index contributed by atoms with van der Waals surface area (Å²) in [5.74, 6) is 0.898. The first kappa shape index (κ1) is 14.5. The van der Waals surface area contributed by atoms with Crippen LogP contribution in [0, 0.1) is 18.3 Å². The molecule has 0 saturated heterocycles. The van der Waals surface area contributed by atoms with E-state index in [4.69, 9.17) is 10.00 Å². The molecule has 0 N–H and O–H groups in total. The molecule has 0 unspecified atom stereocenters. The van der Waals surface area contributed by atoms with Crippen LogP contribution in [0.4, 0.5) is 0 Å². The minimum atomic E-state index is 0.458. The van der Waals surface area contributed by atoms with Crippen LogP contribution in [0.15, 0.2) is 24.3 Å². The van der Waals surface area contributed by atoms with Crippen LogP contribution in [0.5, 0.6) is 5.75 Å². The second-order valence-corrected chi connectivity index (χ2v) is 5.75. The summed E-state index contributed by atoms with van der Waals surface area (Å²) in [4.78, 5) is 5.68. The maximum absolute atomic E-state index is 8.80. The van der Waals surface area contributed by atoms with Crippen LogP contribution >= 0.6 is 11.3 Å². The molecule has 2 aromatic rings. The van der Waals surface area contributed by atoms with Crippen molar-refractivity contribution >= 4 is 11.3 Å². The quantitative estimate of drug-likeness (QED) is 0.813. The molecule has 4 heteroatoms. The van der Waals surface area contributed by atoms with E-state index in [1.165, 1.54) is 5.56 Å². The second-order valence-electron chi connectivity index (χ2n) is 4.58. The molecule has 0 aliphatic rings. The summed E-state index contributed by atoms with van der Waals surface area (Å²) in [6.07, 6.45) is 2.13. The Kier molecular flexibility index (Phi) is 5.14. The van der Waals surface area contributed by atoms with E-state index in [0.717, 1.165) is 34.2 Å². The molecule has 0 bridgehead atoms. The zero-order valence-corrected chi connectivity index (χ0v) is 12.7. The van der Waals surface area contributed by atoms with Gasteiger partial charge in [0.1, 0.15) is 5.75 Å². The van der Waals surface area contributed by atoms with E-state index in [1.54, 1.807) is 11.3 Å². The molecule has 20 heavy (non-hydrogen) atoms. The van der Waals surface area contributed by atoms with Crippen LogP contribution < -0.4 is 4.74 Å². The van der Waals surface area contributed by atoms with E-state index in [-0.39, 0.29) is 0 Å². The third kappa shape index (κ3) is 3.82. The van der Waals surface area contributed by atoms with E-state index in [1.807, 2.05) is 18.2 Å². The van der Waals surface area contributed by atoms with Gasteiger partial charge in [-0.05, 0) is 31.0 Å². The lowest BCUT2D eigenvalue weighted by molar-refractivity contribution is 0.321. The monoisotopic (exact) mass is 286 g/mol. The van der Waals surface area contributed by atoms with Gasteiger partial charge in [-0.2, -0.15) is 5.26 Å². The van der Waals surface area contributed by atoms with E-state index < -0.39 is 0 Å². The highest BCUT2D eigenvalue weighted by Gasteiger charge is 2.09. The molecular weight excluding hydrogens is 268 g/mol. The minimum absolute atomic E-state index is 0.458. The van der Waals surface area contributed by atoms with E-state index >= 15 is 0 Å². The third-order valence-electron chi connectivity index (χ3n) is 2.97. The number of hydrogen-bond acceptors (Lipinski definition) is 4. The van der Waals surface area contributed by atoms with Crippen molar-refractivity contribution in [3.8, 4) is 11.8 Å². The minimum Gasteiger partial charge on any atom is -0.493 e. The zero-order chi connectivity index (χ0) is 14.4. The highest BCUT2D eigenvalue weighted by molar-refractivity contribution is 7.11. The third-order valence-corrected chi connectivity index (χ3v) is 4.13. The van der Waals surface area contributed by atoms with E-state index in [0.29, 0.717) is 13.0 Å². The fourth-order valence-corrected chi connectivity index (χ4v) is 3.06. The molecule has 0 aliphatic heterocycles. The van der Waals surface area contributed by atoms with Crippen LogP contribution in [0.2, 0.25) is 0 Å². The molecule has 0 atom stereocenters. The molecule has 1 heterocycles. The average molecular weight is 286 g/mol. The van der Waals surface area contributed by atoms with Crippen molar-refractivity contribution in [1.82, 2.24) is 4.98 Å². The van der Waals surface area contributed by atoms with Gasteiger partial charge in [0.15, 0.2) is 0 Å². The molecule has 3 nitrogen and oxygen atoms in total. The number of nitrogens with zero attached hydrogens (tertiary/aromatic N) is 2. The van der Waals surface area contributed by atoms with Gasteiger partial charge in [-0.15, -0.1) is 11.3 Å². The van der Waals surface area contributed by atoms with Gasteiger partial charge in [0, 0.05) is 11.3 Å². The Morgan fingerprint density at radius 3 is 2.95 bits per heavy atom. The van der Waals surface area contributed by atoms with Gasteiger partial charge in [0.2, 0.25) is 0 Å². The smallest absolute Gasteiger partial charge is 0.119 e. The Labute approximate surface area is 123 Å². The van der Waals surface area contributed by atoms with E-state index in [9.17, 15) is 0 Å². The lowest BCUT2D eigenvalue weighted by Crippen LogP contribution is -2.01. The van der Waals surface area contributed by atoms with Crippen LogP contribution in [0.1, 0.15) is 28.1 Å². The average Bonchev–Trinajstić information content (AvgIpc) is 2.82. The van der Waals surface area contributed by atoms with Gasteiger partial charge in [-0.3, -0.25) is 0 Å². The summed E-state index contributed by atoms with van der Waals surface area (Å²) < 4.78 is 5.74. The number of thiazole rings is 1. The number of aryl methyl sites for hydroxylation is 2. The molecule has 1 aromatic carbocycles. The van der Waals surface area contributed by atoms with Crippen molar-refractivity contribution in [2.24, 2.45) is 0 Å². The summed E-state index contributed by atoms with van der Waals surface area (Å²) in [7, 11) is 0. The molecular formula is C16H18N2OS. The Morgan fingerprint density at radius 2 is 2.25 bits per heavy atom. The number of hydrogen-bond donors (Lipinski definition) is 0. The molecule has 0 fully saturated rings. The Balaban J connectivity index is 1.92. The number of benzene rings is 1. The molecule has 104 valence electrons. The van der Waals surface area contributed by atoms with E-state index in [2.05, 4.69) is 31.0 Å². The Hall–Kier alpha value is -1.86. The molecule has 0 saturated carbocycles. The first-order chi connectivity index (χ1) is 9.72. The maximum Gasteiger partial charge on any atom is 0.119 e. The van der Waals surface area contributed by atoms with Gasteiger partial charge in [-0.1, -0.05) is 19.1 Å². The van der Waals surface area contributed by atoms with Crippen molar-refractivity contribution in [3.05, 3.63) is 45.4 Å². The summed E-state index contributed by atoms with van der Waals surface area (Å²) >= 11 is 1.63. The standard InChI is InChI=1S/C16H18N2OS/c1-3-14-15(7-9-17)20-16(18-14)8-10-19-13-6-4-5-12(2)11-13/h4-6,11H,3,7-8,10H2,1-2H3. The lowest BCUT2D eigenvalue weighted by Gasteiger charge is -2.05. The lowest BCUT2D eigenvalue weighted by atomic mass is 10.2. The summed E-state index contributed by atoms with van der Waals surface area (Å²) in [5.41, 5.74) is 2.25. The number of rotatable bonds is 6. The molecule has 2 rings (SSSR count). The predicted molar refractivity (Wildman–Crippen MR) is 81.2 cm³/mol. The van der Waals surface area contributed by atoms with Crippen LogP contribution in [-0.2, 0) is 19.3 Å². The zero-order valence-electron chi connectivity index (χ0n) is 11.8. The number of aromatic nitrogens is 1. The Bertz CT molecular complexity index is 613.